The highest BCUT2D eigenvalue weighted by molar-refractivity contribution is 6.30. The predicted molar refractivity (Wildman–Crippen MR) is 71.1 cm³/mol. The largest absolute Gasteiger partial charge is 0.306 e. The van der Waals surface area contributed by atoms with Gasteiger partial charge < -0.3 is 5.32 Å². The molecule has 0 fully saturated rings. The number of nitrogens with zero attached hydrogens (tertiary/aromatic N) is 1. The lowest BCUT2D eigenvalue weighted by molar-refractivity contribution is 0.521. The fourth-order valence-electron chi connectivity index (χ4n) is 1.97. The first-order valence-corrected chi connectivity index (χ1v) is 6.39. The minimum Gasteiger partial charge on any atom is -0.306 e. The molecule has 6 heteroatoms. The summed E-state index contributed by atoms with van der Waals surface area (Å²) in [7, 11) is 0. The summed E-state index contributed by atoms with van der Waals surface area (Å²) < 4.78 is 41.4. The van der Waals surface area contributed by atoms with Crippen LogP contribution >= 0.6 is 11.6 Å². The molecule has 0 radical (unpaired) electrons. The number of halogens is 4. The number of benzene rings is 1. The summed E-state index contributed by atoms with van der Waals surface area (Å²) in [6.45, 7) is 2.24. The summed E-state index contributed by atoms with van der Waals surface area (Å²) in [5, 5.41) is 2.62. The summed E-state index contributed by atoms with van der Waals surface area (Å²) in [5.74, 6) is -2.03. The van der Waals surface area contributed by atoms with Gasteiger partial charge in [0.25, 0.3) is 0 Å². The summed E-state index contributed by atoms with van der Waals surface area (Å²) in [6, 6.07) is 2.48. The van der Waals surface area contributed by atoms with Crippen LogP contribution in [0.2, 0.25) is 5.02 Å². The average molecular weight is 301 g/mol. The van der Waals surface area contributed by atoms with Gasteiger partial charge in [-0.05, 0) is 24.7 Å². The van der Waals surface area contributed by atoms with Gasteiger partial charge in [-0.2, -0.15) is 0 Å². The van der Waals surface area contributed by atoms with Gasteiger partial charge in [-0.25, -0.2) is 13.2 Å². The fraction of sp³-hybridized carbons (Fsp3) is 0.214. The molecule has 2 nitrogen and oxygen atoms in total. The molecule has 0 saturated carbocycles. The Labute approximate surface area is 119 Å². The van der Waals surface area contributed by atoms with E-state index in [1.54, 1.807) is 6.92 Å². The third kappa shape index (κ3) is 2.94. The third-order valence-corrected chi connectivity index (χ3v) is 3.16. The molecule has 1 atom stereocenters. The van der Waals surface area contributed by atoms with Crippen molar-refractivity contribution in [1.82, 2.24) is 10.3 Å². The highest BCUT2D eigenvalue weighted by atomic mass is 35.5. The Morgan fingerprint density at radius 2 is 1.90 bits per heavy atom. The first-order chi connectivity index (χ1) is 9.54. The zero-order valence-electron chi connectivity index (χ0n) is 10.6. The Bertz CT molecular complexity index is 619. The number of aromatic nitrogens is 1. The van der Waals surface area contributed by atoms with Gasteiger partial charge in [-0.3, -0.25) is 4.98 Å². The van der Waals surface area contributed by atoms with E-state index in [1.165, 1.54) is 12.3 Å². The second-order valence-electron chi connectivity index (χ2n) is 4.18. The van der Waals surface area contributed by atoms with Gasteiger partial charge in [0.15, 0.2) is 0 Å². The Morgan fingerprint density at radius 1 is 1.15 bits per heavy atom. The van der Waals surface area contributed by atoms with Crippen molar-refractivity contribution in [2.24, 2.45) is 0 Å². The van der Waals surface area contributed by atoms with Crippen molar-refractivity contribution in [2.75, 3.05) is 6.54 Å². The number of rotatable bonds is 4. The molecule has 0 amide bonds. The molecule has 0 aliphatic heterocycles. The van der Waals surface area contributed by atoms with E-state index in [-0.39, 0.29) is 16.1 Å². The minimum atomic E-state index is -0.810. The first kappa shape index (κ1) is 14.8. The van der Waals surface area contributed by atoms with Crippen LogP contribution in [0.1, 0.15) is 24.1 Å². The molecule has 1 unspecified atom stereocenters. The molecule has 0 aliphatic rings. The summed E-state index contributed by atoms with van der Waals surface area (Å²) in [6.07, 6.45) is 2.43. The molecule has 1 aromatic heterocycles. The van der Waals surface area contributed by atoms with E-state index < -0.39 is 23.5 Å². The van der Waals surface area contributed by atoms with E-state index >= 15 is 0 Å². The first-order valence-electron chi connectivity index (χ1n) is 6.01. The van der Waals surface area contributed by atoms with Crippen LogP contribution in [0.25, 0.3) is 0 Å². The molecule has 0 aliphatic carbocycles. The standard InChI is InChI=1S/C14H12ClF3N2/c1-2-20-14(8-3-4-19-7-13(8)18)9-5-12(17)10(15)6-11(9)16/h3-7,14,20H,2H2,1H3. The van der Waals surface area contributed by atoms with Gasteiger partial charge in [0.1, 0.15) is 17.5 Å². The van der Waals surface area contributed by atoms with Crippen molar-refractivity contribution in [3.63, 3.8) is 0 Å². The number of pyridine rings is 1. The molecule has 20 heavy (non-hydrogen) atoms. The number of hydrogen-bond acceptors (Lipinski definition) is 2. The van der Waals surface area contributed by atoms with Crippen LogP contribution in [0, 0.1) is 17.5 Å². The van der Waals surface area contributed by atoms with Crippen molar-refractivity contribution in [2.45, 2.75) is 13.0 Å². The van der Waals surface area contributed by atoms with Crippen LogP contribution in [-0.4, -0.2) is 11.5 Å². The fourth-order valence-corrected chi connectivity index (χ4v) is 2.12. The molecule has 1 N–H and O–H groups in total. The highest BCUT2D eigenvalue weighted by Crippen LogP contribution is 2.29. The summed E-state index contributed by atoms with van der Waals surface area (Å²) >= 11 is 5.53. The SMILES string of the molecule is CCNC(c1ccncc1F)c1cc(F)c(Cl)cc1F. The van der Waals surface area contributed by atoms with Gasteiger partial charge >= 0.3 is 0 Å². The Morgan fingerprint density at radius 3 is 2.55 bits per heavy atom. The van der Waals surface area contributed by atoms with Crippen LogP contribution < -0.4 is 5.32 Å². The molecule has 0 saturated heterocycles. The van der Waals surface area contributed by atoms with Crippen molar-refractivity contribution >= 4 is 11.6 Å². The van der Waals surface area contributed by atoms with Gasteiger partial charge in [0.05, 0.1) is 17.3 Å². The van der Waals surface area contributed by atoms with Crippen LogP contribution in [0.4, 0.5) is 13.2 Å². The minimum absolute atomic E-state index is 0.00106. The maximum absolute atomic E-state index is 14.0. The third-order valence-electron chi connectivity index (χ3n) is 2.87. The normalized spacial score (nSPS) is 12.4. The topological polar surface area (TPSA) is 24.9 Å². The Kier molecular flexibility index (Phi) is 4.62. The highest BCUT2D eigenvalue weighted by Gasteiger charge is 2.22. The second kappa shape index (κ2) is 6.24. The number of hydrogen-bond donors (Lipinski definition) is 1. The van der Waals surface area contributed by atoms with E-state index in [4.69, 9.17) is 11.6 Å². The molecular formula is C14H12ClF3N2. The summed E-state index contributed by atoms with van der Waals surface area (Å²) in [5.41, 5.74) is 0.196. The summed E-state index contributed by atoms with van der Waals surface area (Å²) in [4.78, 5) is 3.64. The zero-order chi connectivity index (χ0) is 14.7. The number of nitrogens with one attached hydrogen (secondary N) is 1. The lowest BCUT2D eigenvalue weighted by Gasteiger charge is -2.20. The molecule has 1 heterocycles. The van der Waals surface area contributed by atoms with Crippen LogP contribution in [0.3, 0.4) is 0 Å². The van der Waals surface area contributed by atoms with Crippen molar-refractivity contribution in [3.05, 3.63) is 64.2 Å². The molecule has 0 spiro atoms. The van der Waals surface area contributed by atoms with Gasteiger partial charge in [-0.1, -0.05) is 18.5 Å². The van der Waals surface area contributed by atoms with Crippen molar-refractivity contribution in [1.29, 1.82) is 0 Å². The van der Waals surface area contributed by atoms with Crippen molar-refractivity contribution in [3.8, 4) is 0 Å². The van der Waals surface area contributed by atoms with Gasteiger partial charge in [0, 0.05) is 17.3 Å². The van der Waals surface area contributed by atoms with E-state index in [0.29, 0.717) is 6.54 Å². The molecule has 106 valence electrons. The second-order valence-corrected chi connectivity index (χ2v) is 4.58. The molecule has 0 bridgehead atoms. The Balaban J connectivity index is 2.54. The quantitative estimate of drug-likeness (QED) is 0.868. The van der Waals surface area contributed by atoms with E-state index in [2.05, 4.69) is 10.3 Å². The van der Waals surface area contributed by atoms with Crippen molar-refractivity contribution < 1.29 is 13.2 Å². The molecular weight excluding hydrogens is 289 g/mol. The zero-order valence-corrected chi connectivity index (χ0v) is 11.4. The molecule has 2 aromatic rings. The lowest BCUT2D eigenvalue weighted by Crippen LogP contribution is -2.24. The van der Waals surface area contributed by atoms with Gasteiger partial charge in [-0.15, -0.1) is 0 Å². The van der Waals surface area contributed by atoms with E-state index in [9.17, 15) is 13.2 Å². The monoisotopic (exact) mass is 300 g/mol. The van der Waals surface area contributed by atoms with Crippen LogP contribution in [-0.2, 0) is 0 Å². The molecule has 1 aromatic carbocycles. The van der Waals surface area contributed by atoms with E-state index in [1.807, 2.05) is 0 Å². The van der Waals surface area contributed by atoms with Gasteiger partial charge in [0.2, 0.25) is 0 Å². The Hall–Kier alpha value is -1.59. The average Bonchev–Trinajstić information content (AvgIpc) is 2.42. The maximum atomic E-state index is 14.0. The lowest BCUT2D eigenvalue weighted by atomic mass is 9.98. The predicted octanol–water partition coefficient (Wildman–Crippen LogP) is 3.85. The van der Waals surface area contributed by atoms with E-state index in [0.717, 1.165) is 18.3 Å². The molecule has 2 rings (SSSR count). The van der Waals surface area contributed by atoms with Crippen LogP contribution in [0.15, 0.2) is 30.6 Å². The maximum Gasteiger partial charge on any atom is 0.146 e. The van der Waals surface area contributed by atoms with Crippen LogP contribution in [0.5, 0.6) is 0 Å². The smallest absolute Gasteiger partial charge is 0.146 e.